The predicted molar refractivity (Wildman–Crippen MR) is 116 cm³/mol. The Hall–Kier alpha value is -1.41. The summed E-state index contributed by atoms with van der Waals surface area (Å²) in [6.45, 7) is 7.44. The molecule has 0 aliphatic rings. The highest BCUT2D eigenvalue weighted by Crippen LogP contribution is 2.15. The molecule has 2 aromatic rings. The molecule has 6 heteroatoms. The molecule has 25 heavy (non-hydrogen) atoms. The van der Waals surface area contributed by atoms with Crippen LogP contribution in [-0.2, 0) is 11.3 Å². The van der Waals surface area contributed by atoms with Crippen LogP contribution < -0.4 is 10.6 Å². The Labute approximate surface area is 167 Å². The summed E-state index contributed by atoms with van der Waals surface area (Å²) in [5.41, 5.74) is 2.20. The average Bonchev–Trinajstić information content (AvgIpc) is 2.60. The van der Waals surface area contributed by atoms with Crippen LogP contribution in [-0.4, -0.2) is 37.7 Å². The van der Waals surface area contributed by atoms with Crippen LogP contribution in [0.2, 0.25) is 0 Å². The molecule has 1 aromatic carbocycles. The number of rotatable bonds is 8. The molecular weight excluding hydrogens is 427 g/mol. The maximum Gasteiger partial charge on any atom is 0.191 e. The highest BCUT2D eigenvalue weighted by atomic mass is 127. The fraction of sp³-hybridized carbons (Fsp3) is 0.474. The van der Waals surface area contributed by atoms with Gasteiger partial charge in [-0.2, -0.15) is 0 Å². The zero-order valence-corrected chi connectivity index (χ0v) is 17.6. The van der Waals surface area contributed by atoms with Gasteiger partial charge in [0, 0.05) is 44.9 Å². The third-order valence-corrected chi connectivity index (χ3v) is 3.60. The molecule has 0 atom stereocenters. The van der Waals surface area contributed by atoms with E-state index >= 15 is 0 Å². The van der Waals surface area contributed by atoms with Gasteiger partial charge in [0.05, 0.1) is 5.52 Å². The van der Waals surface area contributed by atoms with Gasteiger partial charge in [0.25, 0.3) is 0 Å². The summed E-state index contributed by atoms with van der Waals surface area (Å²) in [7, 11) is 1.78. The number of nitrogens with zero attached hydrogens (tertiary/aromatic N) is 2. The smallest absolute Gasteiger partial charge is 0.191 e. The molecule has 5 nitrogen and oxygen atoms in total. The molecule has 2 N–H and O–H groups in total. The van der Waals surface area contributed by atoms with Crippen LogP contribution in [0.3, 0.4) is 0 Å². The molecule has 0 unspecified atom stereocenters. The van der Waals surface area contributed by atoms with Crippen molar-refractivity contribution in [3.63, 3.8) is 0 Å². The van der Waals surface area contributed by atoms with Crippen molar-refractivity contribution < 1.29 is 4.74 Å². The summed E-state index contributed by atoms with van der Waals surface area (Å²) in [5.74, 6) is 1.38. The lowest BCUT2D eigenvalue weighted by Crippen LogP contribution is -2.37. The topological polar surface area (TPSA) is 58.5 Å². The third-order valence-electron chi connectivity index (χ3n) is 3.60. The summed E-state index contributed by atoms with van der Waals surface area (Å²) in [4.78, 5) is 8.74. The molecule has 0 spiro atoms. The van der Waals surface area contributed by atoms with Crippen LogP contribution >= 0.6 is 24.0 Å². The summed E-state index contributed by atoms with van der Waals surface area (Å²) in [5, 5.41) is 7.81. The Bertz CT molecular complexity index is 655. The first-order valence-electron chi connectivity index (χ1n) is 8.55. The van der Waals surface area contributed by atoms with Gasteiger partial charge in [-0.15, -0.1) is 24.0 Å². The number of halogens is 1. The summed E-state index contributed by atoms with van der Waals surface area (Å²) in [6.07, 6.45) is 2.79. The van der Waals surface area contributed by atoms with Gasteiger partial charge >= 0.3 is 0 Å². The molecule has 0 radical (unpaired) electrons. The van der Waals surface area contributed by atoms with Crippen molar-refractivity contribution in [2.24, 2.45) is 10.9 Å². The third kappa shape index (κ3) is 7.56. The van der Waals surface area contributed by atoms with Crippen molar-refractivity contribution in [1.29, 1.82) is 0 Å². The number of hydrogen-bond donors (Lipinski definition) is 2. The molecule has 0 bridgehead atoms. The average molecular weight is 456 g/mol. The minimum absolute atomic E-state index is 0. The number of guanidine groups is 1. The second-order valence-electron chi connectivity index (χ2n) is 6.17. The Kier molecular flexibility index (Phi) is 10.4. The van der Waals surface area contributed by atoms with Gasteiger partial charge in [0.15, 0.2) is 5.96 Å². The molecule has 0 saturated heterocycles. The van der Waals surface area contributed by atoms with Crippen LogP contribution in [0.4, 0.5) is 0 Å². The Morgan fingerprint density at radius 1 is 1.20 bits per heavy atom. The van der Waals surface area contributed by atoms with Crippen molar-refractivity contribution in [2.45, 2.75) is 26.8 Å². The van der Waals surface area contributed by atoms with Gasteiger partial charge in [-0.25, -0.2) is 0 Å². The first-order chi connectivity index (χ1) is 11.7. The Morgan fingerprint density at radius 3 is 2.76 bits per heavy atom. The van der Waals surface area contributed by atoms with Crippen LogP contribution in [0.1, 0.15) is 25.8 Å². The standard InChI is InChI=1S/C19H28N4O.HI/c1-15(2)14-24-12-6-11-22-19(20-3)23-13-17-8-4-7-16-9-5-10-21-18(16)17;/h4-5,7-10,15H,6,11-14H2,1-3H3,(H2,20,22,23);1H. The van der Waals surface area contributed by atoms with Gasteiger partial charge in [-0.3, -0.25) is 9.98 Å². The van der Waals surface area contributed by atoms with Crippen molar-refractivity contribution in [3.8, 4) is 0 Å². The molecule has 0 aliphatic heterocycles. The number of hydrogen-bond acceptors (Lipinski definition) is 3. The predicted octanol–water partition coefficient (Wildman–Crippen LogP) is 3.58. The molecule has 0 fully saturated rings. The number of ether oxygens (including phenoxy) is 1. The van der Waals surface area contributed by atoms with Crippen molar-refractivity contribution in [3.05, 3.63) is 42.1 Å². The van der Waals surface area contributed by atoms with E-state index in [4.69, 9.17) is 4.74 Å². The number of aromatic nitrogens is 1. The van der Waals surface area contributed by atoms with Crippen LogP contribution in [0.15, 0.2) is 41.5 Å². The van der Waals surface area contributed by atoms with E-state index in [1.54, 1.807) is 7.05 Å². The monoisotopic (exact) mass is 456 g/mol. The van der Waals surface area contributed by atoms with Crippen molar-refractivity contribution in [1.82, 2.24) is 15.6 Å². The Balaban J connectivity index is 0.00000312. The van der Waals surface area contributed by atoms with Gasteiger partial charge in [-0.1, -0.05) is 38.1 Å². The number of nitrogens with one attached hydrogen (secondary N) is 2. The van der Waals surface area contributed by atoms with Gasteiger partial charge in [0.1, 0.15) is 0 Å². The molecule has 1 aromatic heterocycles. The highest BCUT2D eigenvalue weighted by Gasteiger charge is 2.03. The largest absolute Gasteiger partial charge is 0.381 e. The normalized spacial score (nSPS) is 11.4. The van der Waals surface area contributed by atoms with E-state index in [1.807, 2.05) is 12.3 Å². The maximum absolute atomic E-state index is 5.58. The van der Waals surface area contributed by atoms with E-state index in [1.165, 1.54) is 0 Å². The first kappa shape index (κ1) is 21.6. The van der Waals surface area contributed by atoms with E-state index in [9.17, 15) is 0 Å². The zero-order valence-electron chi connectivity index (χ0n) is 15.3. The fourth-order valence-corrected chi connectivity index (χ4v) is 2.41. The summed E-state index contributed by atoms with van der Waals surface area (Å²) < 4.78 is 5.58. The molecule has 138 valence electrons. The van der Waals surface area contributed by atoms with Gasteiger partial charge in [0.2, 0.25) is 0 Å². The highest BCUT2D eigenvalue weighted by molar-refractivity contribution is 14.0. The van der Waals surface area contributed by atoms with Crippen molar-refractivity contribution in [2.75, 3.05) is 26.8 Å². The molecular formula is C19H29IN4O. The lowest BCUT2D eigenvalue weighted by Gasteiger charge is -2.13. The van der Waals surface area contributed by atoms with E-state index < -0.39 is 0 Å². The van der Waals surface area contributed by atoms with Crippen LogP contribution in [0, 0.1) is 5.92 Å². The second kappa shape index (κ2) is 12.0. The molecule has 0 saturated carbocycles. The number of aliphatic imine (C=N–C) groups is 1. The molecule has 1 heterocycles. The zero-order chi connectivity index (χ0) is 17.2. The number of benzene rings is 1. The van der Waals surface area contributed by atoms with E-state index in [0.717, 1.165) is 48.6 Å². The quantitative estimate of drug-likeness (QED) is 0.276. The minimum Gasteiger partial charge on any atom is -0.381 e. The minimum atomic E-state index is 0. The van der Waals surface area contributed by atoms with Gasteiger partial charge in [-0.05, 0) is 24.0 Å². The van der Waals surface area contributed by atoms with E-state index in [0.29, 0.717) is 12.5 Å². The van der Waals surface area contributed by atoms with Crippen LogP contribution in [0.25, 0.3) is 10.9 Å². The molecule has 2 rings (SSSR count). The fourth-order valence-electron chi connectivity index (χ4n) is 2.41. The maximum atomic E-state index is 5.58. The van der Waals surface area contributed by atoms with Gasteiger partial charge < -0.3 is 15.4 Å². The van der Waals surface area contributed by atoms with E-state index in [-0.39, 0.29) is 24.0 Å². The van der Waals surface area contributed by atoms with E-state index in [2.05, 4.69) is 58.7 Å². The summed E-state index contributed by atoms with van der Waals surface area (Å²) >= 11 is 0. The second-order valence-corrected chi connectivity index (χ2v) is 6.17. The summed E-state index contributed by atoms with van der Waals surface area (Å²) in [6, 6.07) is 10.3. The Morgan fingerprint density at radius 2 is 2.00 bits per heavy atom. The van der Waals surface area contributed by atoms with Crippen molar-refractivity contribution >= 4 is 40.8 Å². The molecule has 0 amide bonds. The lowest BCUT2D eigenvalue weighted by molar-refractivity contribution is 0.108. The number of fused-ring (bicyclic) bond motifs is 1. The molecule has 0 aliphatic carbocycles. The lowest BCUT2D eigenvalue weighted by atomic mass is 10.1. The number of pyridine rings is 1. The SMILES string of the molecule is CN=C(NCCCOCC(C)C)NCc1cccc2cccnc12.I. The van der Waals surface area contributed by atoms with Crippen LogP contribution in [0.5, 0.6) is 0 Å². The number of para-hydroxylation sites is 1. The first-order valence-corrected chi connectivity index (χ1v) is 8.55.